The molecule has 118 valence electrons. The van der Waals surface area contributed by atoms with E-state index in [1.165, 1.54) is 0 Å². The van der Waals surface area contributed by atoms with Crippen molar-refractivity contribution in [1.82, 2.24) is 14.7 Å². The molecule has 0 fully saturated rings. The van der Waals surface area contributed by atoms with Gasteiger partial charge in [-0.2, -0.15) is 0 Å². The lowest BCUT2D eigenvalue weighted by Crippen LogP contribution is -2.41. The zero-order valence-electron chi connectivity index (χ0n) is 13.3. The SMILES string of the molecule is CCN(CC)C(=O)CN(CCCN(C)C)CCC(=O)O. The Morgan fingerprint density at radius 2 is 1.60 bits per heavy atom. The Balaban J connectivity index is 4.34. The van der Waals surface area contributed by atoms with E-state index in [1.807, 2.05) is 32.8 Å². The molecule has 0 aromatic carbocycles. The molecule has 0 aromatic heterocycles. The number of nitrogens with zero attached hydrogens (tertiary/aromatic N) is 3. The van der Waals surface area contributed by atoms with Crippen LogP contribution in [0.1, 0.15) is 26.7 Å². The molecule has 0 bridgehead atoms. The minimum absolute atomic E-state index is 0.0743. The highest BCUT2D eigenvalue weighted by Gasteiger charge is 2.15. The summed E-state index contributed by atoms with van der Waals surface area (Å²) >= 11 is 0. The molecular formula is C14H29N3O3. The molecule has 6 heteroatoms. The highest BCUT2D eigenvalue weighted by molar-refractivity contribution is 5.78. The van der Waals surface area contributed by atoms with Gasteiger partial charge in [-0.05, 0) is 47.5 Å². The fourth-order valence-corrected chi connectivity index (χ4v) is 2.00. The maximum Gasteiger partial charge on any atom is 0.304 e. The fraction of sp³-hybridized carbons (Fsp3) is 0.857. The van der Waals surface area contributed by atoms with Crippen molar-refractivity contribution in [2.75, 3.05) is 53.4 Å². The Hall–Kier alpha value is -1.14. The number of hydrogen-bond donors (Lipinski definition) is 1. The minimum Gasteiger partial charge on any atom is -0.481 e. The third-order valence-corrected chi connectivity index (χ3v) is 3.20. The summed E-state index contributed by atoms with van der Waals surface area (Å²) in [5, 5.41) is 8.78. The third-order valence-electron chi connectivity index (χ3n) is 3.20. The van der Waals surface area contributed by atoms with Crippen molar-refractivity contribution in [2.45, 2.75) is 26.7 Å². The molecule has 1 amide bonds. The van der Waals surface area contributed by atoms with Crippen LogP contribution >= 0.6 is 0 Å². The molecule has 0 atom stereocenters. The number of carbonyl (C=O) groups excluding carboxylic acids is 1. The van der Waals surface area contributed by atoms with Gasteiger partial charge in [0.05, 0.1) is 13.0 Å². The van der Waals surface area contributed by atoms with Gasteiger partial charge in [-0.1, -0.05) is 0 Å². The second-order valence-corrected chi connectivity index (χ2v) is 5.14. The van der Waals surface area contributed by atoms with Crippen molar-refractivity contribution in [3.8, 4) is 0 Å². The Morgan fingerprint density at radius 1 is 1.00 bits per heavy atom. The zero-order valence-corrected chi connectivity index (χ0v) is 13.3. The van der Waals surface area contributed by atoms with Gasteiger partial charge >= 0.3 is 5.97 Å². The topological polar surface area (TPSA) is 64.1 Å². The molecule has 0 saturated carbocycles. The van der Waals surface area contributed by atoms with Crippen molar-refractivity contribution >= 4 is 11.9 Å². The standard InChI is InChI=1S/C14H29N3O3/c1-5-17(6-2)13(18)12-16(11-8-14(19)20)10-7-9-15(3)4/h5-12H2,1-4H3,(H,19,20). The Kier molecular flexibility index (Phi) is 10.0. The summed E-state index contributed by atoms with van der Waals surface area (Å²) in [6.07, 6.45) is 1.01. The van der Waals surface area contributed by atoms with Crippen LogP contribution in [0.4, 0.5) is 0 Å². The molecule has 0 aromatic rings. The van der Waals surface area contributed by atoms with Crippen molar-refractivity contribution in [2.24, 2.45) is 0 Å². The lowest BCUT2D eigenvalue weighted by atomic mass is 10.3. The predicted molar refractivity (Wildman–Crippen MR) is 79.8 cm³/mol. The number of carboxylic acid groups (broad SMARTS) is 1. The molecule has 0 unspecified atom stereocenters. The number of rotatable bonds is 11. The summed E-state index contributed by atoms with van der Waals surface area (Å²) in [5.74, 6) is -0.747. The van der Waals surface area contributed by atoms with Crippen LogP contribution in [0.25, 0.3) is 0 Å². The molecule has 0 aliphatic rings. The van der Waals surface area contributed by atoms with Crippen LogP contribution in [0, 0.1) is 0 Å². The summed E-state index contributed by atoms with van der Waals surface area (Å²) in [6.45, 7) is 7.71. The molecule has 0 aliphatic carbocycles. The van der Waals surface area contributed by atoms with Gasteiger partial charge in [-0.3, -0.25) is 14.5 Å². The van der Waals surface area contributed by atoms with E-state index >= 15 is 0 Å². The van der Waals surface area contributed by atoms with Crippen LogP contribution in [0.15, 0.2) is 0 Å². The van der Waals surface area contributed by atoms with E-state index in [0.717, 1.165) is 19.5 Å². The van der Waals surface area contributed by atoms with E-state index in [9.17, 15) is 9.59 Å². The molecule has 20 heavy (non-hydrogen) atoms. The predicted octanol–water partition coefficient (Wildman–Crippen LogP) is 0.583. The minimum atomic E-state index is -0.821. The van der Waals surface area contributed by atoms with Crippen molar-refractivity contribution in [1.29, 1.82) is 0 Å². The van der Waals surface area contributed by atoms with Gasteiger partial charge in [0.2, 0.25) is 5.91 Å². The van der Waals surface area contributed by atoms with Gasteiger partial charge in [0.25, 0.3) is 0 Å². The molecule has 0 saturated heterocycles. The van der Waals surface area contributed by atoms with Crippen LogP contribution in [-0.2, 0) is 9.59 Å². The number of carbonyl (C=O) groups is 2. The second-order valence-electron chi connectivity index (χ2n) is 5.14. The van der Waals surface area contributed by atoms with Crippen molar-refractivity contribution < 1.29 is 14.7 Å². The second kappa shape index (κ2) is 10.6. The summed E-state index contributed by atoms with van der Waals surface area (Å²) in [5.41, 5.74) is 0. The largest absolute Gasteiger partial charge is 0.481 e. The van der Waals surface area contributed by atoms with E-state index in [2.05, 4.69) is 4.90 Å². The number of amides is 1. The van der Waals surface area contributed by atoms with Crippen LogP contribution in [0.5, 0.6) is 0 Å². The maximum absolute atomic E-state index is 12.1. The molecular weight excluding hydrogens is 258 g/mol. The average Bonchev–Trinajstić information content (AvgIpc) is 2.36. The van der Waals surface area contributed by atoms with Gasteiger partial charge < -0.3 is 14.9 Å². The van der Waals surface area contributed by atoms with Gasteiger partial charge in [0, 0.05) is 19.6 Å². The van der Waals surface area contributed by atoms with Crippen LogP contribution < -0.4 is 0 Å². The Bertz CT molecular complexity index is 291. The van der Waals surface area contributed by atoms with Gasteiger partial charge in [-0.15, -0.1) is 0 Å². The monoisotopic (exact) mass is 287 g/mol. The van der Waals surface area contributed by atoms with Crippen LogP contribution in [0.3, 0.4) is 0 Å². The lowest BCUT2D eigenvalue weighted by Gasteiger charge is -2.26. The van der Waals surface area contributed by atoms with Crippen molar-refractivity contribution in [3.63, 3.8) is 0 Å². The molecule has 0 heterocycles. The zero-order chi connectivity index (χ0) is 15.5. The van der Waals surface area contributed by atoms with Crippen molar-refractivity contribution in [3.05, 3.63) is 0 Å². The molecule has 0 aliphatic heterocycles. The van der Waals surface area contributed by atoms with E-state index in [0.29, 0.717) is 26.2 Å². The average molecular weight is 287 g/mol. The van der Waals surface area contributed by atoms with E-state index in [4.69, 9.17) is 5.11 Å². The van der Waals surface area contributed by atoms with Gasteiger partial charge in [0.1, 0.15) is 0 Å². The Morgan fingerprint density at radius 3 is 2.05 bits per heavy atom. The summed E-state index contributed by atoms with van der Waals surface area (Å²) in [4.78, 5) is 28.6. The first-order chi connectivity index (χ1) is 9.40. The van der Waals surface area contributed by atoms with Gasteiger partial charge in [0.15, 0.2) is 0 Å². The summed E-state index contributed by atoms with van der Waals surface area (Å²) in [7, 11) is 4.01. The molecule has 0 radical (unpaired) electrons. The van der Waals surface area contributed by atoms with E-state index in [-0.39, 0.29) is 12.3 Å². The summed E-state index contributed by atoms with van der Waals surface area (Å²) in [6, 6.07) is 0. The number of hydrogen-bond acceptors (Lipinski definition) is 4. The normalized spacial score (nSPS) is 11.1. The smallest absolute Gasteiger partial charge is 0.304 e. The highest BCUT2D eigenvalue weighted by atomic mass is 16.4. The maximum atomic E-state index is 12.1. The first-order valence-electron chi connectivity index (χ1n) is 7.27. The fourth-order valence-electron chi connectivity index (χ4n) is 2.00. The number of aliphatic carboxylic acids is 1. The first kappa shape index (κ1) is 18.9. The summed E-state index contributed by atoms with van der Waals surface area (Å²) < 4.78 is 0. The highest BCUT2D eigenvalue weighted by Crippen LogP contribution is 1.99. The van der Waals surface area contributed by atoms with E-state index < -0.39 is 5.97 Å². The molecule has 1 N–H and O–H groups in total. The quantitative estimate of drug-likeness (QED) is 0.602. The van der Waals surface area contributed by atoms with Gasteiger partial charge in [-0.25, -0.2) is 0 Å². The molecule has 6 nitrogen and oxygen atoms in total. The molecule has 0 rings (SSSR count). The lowest BCUT2D eigenvalue weighted by molar-refractivity contribution is -0.138. The van der Waals surface area contributed by atoms with Crippen LogP contribution in [0.2, 0.25) is 0 Å². The first-order valence-corrected chi connectivity index (χ1v) is 7.27. The number of likely N-dealkylation sites (N-methyl/N-ethyl adjacent to an activating group) is 1. The van der Waals surface area contributed by atoms with E-state index in [1.54, 1.807) is 4.90 Å². The number of carboxylic acids is 1. The molecule has 0 spiro atoms. The third kappa shape index (κ3) is 8.87. The Labute approximate surface area is 122 Å². The van der Waals surface area contributed by atoms with Crippen LogP contribution in [-0.4, -0.2) is 85.0 Å².